The lowest BCUT2D eigenvalue weighted by Gasteiger charge is -2.29. The lowest BCUT2D eigenvalue weighted by atomic mass is 10.0. The summed E-state index contributed by atoms with van der Waals surface area (Å²) in [5.74, 6) is 0.464. The molecule has 25 heavy (non-hydrogen) atoms. The van der Waals surface area contributed by atoms with Gasteiger partial charge in [-0.05, 0) is 65.4 Å². The van der Waals surface area contributed by atoms with E-state index in [1.54, 1.807) is 39.9 Å². The minimum atomic E-state index is -3.45. The van der Waals surface area contributed by atoms with Crippen molar-refractivity contribution in [3.05, 3.63) is 46.7 Å². The van der Waals surface area contributed by atoms with E-state index in [0.717, 1.165) is 18.4 Å². The molecule has 1 aromatic carbocycles. The zero-order valence-corrected chi connectivity index (χ0v) is 15.8. The molecule has 0 aliphatic carbocycles. The number of carbonyl (C=O) groups excluding carboxylic acids is 1. The molecule has 0 spiro atoms. The van der Waals surface area contributed by atoms with Crippen molar-refractivity contribution in [2.45, 2.75) is 31.1 Å². The molecule has 1 aliphatic rings. The number of amides is 1. The van der Waals surface area contributed by atoms with Crippen molar-refractivity contribution >= 4 is 33.0 Å². The molecule has 134 valence electrons. The van der Waals surface area contributed by atoms with Crippen molar-refractivity contribution in [3.8, 4) is 0 Å². The summed E-state index contributed by atoms with van der Waals surface area (Å²) in [6.45, 7) is 3.29. The summed E-state index contributed by atoms with van der Waals surface area (Å²) in [5.41, 5.74) is 1.58. The predicted octanol–water partition coefficient (Wildman–Crippen LogP) is 3.35. The average molecular weight is 379 g/mol. The number of nitrogens with one attached hydrogen (secondary N) is 1. The third kappa shape index (κ3) is 4.48. The van der Waals surface area contributed by atoms with E-state index in [-0.39, 0.29) is 10.8 Å². The number of sulfonamides is 1. The number of carbonyl (C=O) groups is 1. The van der Waals surface area contributed by atoms with E-state index in [1.165, 1.54) is 0 Å². The van der Waals surface area contributed by atoms with Gasteiger partial charge in [-0.2, -0.15) is 15.6 Å². The van der Waals surface area contributed by atoms with Gasteiger partial charge in [-0.25, -0.2) is 8.42 Å². The number of rotatable bonds is 5. The first kappa shape index (κ1) is 18.1. The summed E-state index contributed by atoms with van der Waals surface area (Å²) in [6.07, 6.45) is 2.11. The molecule has 0 bridgehead atoms. The summed E-state index contributed by atoms with van der Waals surface area (Å²) in [5, 5.41) is 6.67. The van der Waals surface area contributed by atoms with Crippen molar-refractivity contribution < 1.29 is 13.2 Å². The zero-order valence-electron chi connectivity index (χ0n) is 14.1. The molecule has 1 fully saturated rings. The SMILES string of the molecule is CC1CCN(S(=O)(=O)c2ccc(NC(=O)Cc3ccsc3)cc2)CC1. The molecule has 5 nitrogen and oxygen atoms in total. The van der Waals surface area contributed by atoms with Gasteiger partial charge in [0.25, 0.3) is 0 Å². The van der Waals surface area contributed by atoms with E-state index >= 15 is 0 Å². The Morgan fingerprint density at radius 2 is 1.88 bits per heavy atom. The zero-order chi connectivity index (χ0) is 17.9. The van der Waals surface area contributed by atoms with Gasteiger partial charge in [-0.1, -0.05) is 6.92 Å². The van der Waals surface area contributed by atoms with Crippen LogP contribution in [0.2, 0.25) is 0 Å². The Hall–Kier alpha value is -1.70. The van der Waals surface area contributed by atoms with E-state index in [4.69, 9.17) is 0 Å². The summed E-state index contributed by atoms with van der Waals surface area (Å²) in [6, 6.07) is 8.33. The van der Waals surface area contributed by atoms with E-state index < -0.39 is 10.0 Å². The van der Waals surface area contributed by atoms with Gasteiger partial charge in [0.2, 0.25) is 15.9 Å². The van der Waals surface area contributed by atoms with Crippen LogP contribution in [0.25, 0.3) is 0 Å². The molecule has 3 rings (SSSR count). The molecule has 0 saturated carbocycles. The van der Waals surface area contributed by atoms with Crippen LogP contribution >= 0.6 is 11.3 Å². The Kier molecular flexibility index (Phi) is 5.56. The summed E-state index contributed by atoms with van der Waals surface area (Å²) in [7, 11) is -3.45. The van der Waals surface area contributed by atoms with Gasteiger partial charge < -0.3 is 5.32 Å². The maximum absolute atomic E-state index is 12.7. The quantitative estimate of drug-likeness (QED) is 0.868. The Morgan fingerprint density at radius 1 is 1.20 bits per heavy atom. The Balaban J connectivity index is 1.64. The van der Waals surface area contributed by atoms with Crippen LogP contribution in [0, 0.1) is 5.92 Å². The number of hydrogen-bond acceptors (Lipinski definition) is 4. The third-order valence-corrected chi connectivity index (χ3v) is 7.11. The Bertz CT molecular complexity index is 807. The van der Waals surface area contributed by atoms with Crippen LogP contribution in [0.15, 0.2) is 46.0 Å². The molecular formula is C18H22N2O3S2. The van der Waals surface area contributed by atoms with Gasteiger partial charge in [0.15, 0.2) is 0 Å². The first-order valence-corrected chi connectivity index (χ1v) is 10.7. The number of nitrogens with zero attached hydrogens (tertiary/aromatic N) is 1. The third-order valence-electron chi connectivity index (χ3n) is 4.46. The second kappa shape index (κ2) is 7.68. The Labute approximate surface area is 152 Å². The molecule has 2 heterocycles. The summed E-state index contributed by atoms with van der Waals surface area (Å²) >= 11 is 1.55. The molecule has 1 saturated heterocycles. The molecule has 0 unspecified atom stereocenters. The number of hydrogen-bond donors (Lipinski definition) is 1. The molecular weight excluding hydrogens is 356 g/mol. The Morgan fingerprint density at radius 3 is 2.48 bits per heavy atom. The molecule has 1 aliphatic heterocycles. The van der Waals surface area contributed by atoms with Crippen molar-refractivity contribution in [1.82, 2.24) is 4.31 Å². The minimum Gasteiger partial charge on any atom is -0.326 e. The standard InChI is InChI=1S/C18H22N2O3S2/c1-14-6-9-20(10-7-14)25(22,23)17-4-2-16(3-5-17)19-18(21)12-15-8-11-24-13-15/h2-5,8,11,13-14H,6-7,9-10,12H2,1H3,(H,19,21). The van der Waals surface area contributed by atoms with Crippen LogP contribution in [-0.4, -0.2) is 31.7 Å². The van der Waals surface area contributed by atoms with Crippen molar-refractivity contribution in [1.29, 1.82) is 0 Å². The van der Waals surface area contributed by atoms with E-state index in [1.807, 2.05) is 16.8 Å². The lowest BCUT2D eigenvalue weighted by Crippen LogP contribution is -2.37. The first-order chi connectivity index (χ1) is 11.9. The lowest BCUT2D eigenvalue weighted by molar-refractivity contribution is -0.115. The van der Waals surface area contributed by atoms with Crippen LogP contribution in [-0.2, 0) is 21.2 Å². The first-order valence-electron chi connectivity index (χ1n) is 8.36. The van der Waals surface area contributed by atoms with Crippen LogP contribution < -0.4 is 5.32 Å². The largest absolute Gasteiger partial charge is 0.326 e. The molecule has 1 amide bonds. The normalized spacial score (nSPS) is 16.7. The fourth-order valence-electron chi connectivity index (χ4n) is 2.87. The van der Waals surface area contributed by atoms with Crippen LogP contribution in [0.5, 0.6) is 0 Å². The summed E-state index contributed by atoms with van der Waals surface area (Å²) in [4.78, 5) is 12.3. The molecule has 0 radical (unpaired) electrons. The summed E-state index contributed by atoms with van der Waals surface area (Å²) < 4.78 is 26.9. The molecule has 7 heteroatoms. The molecule has 2 aromatic rings. The maximum atomic E-state index is 12.7. The highest BCUT2D eigenvalue weighted by Gasteiger charge is 2.27. The van der Waals surface area contributed by atoms with Gasteiger partial charge in [0.05, 0.1) is 11.3 Å². The van der Waals surface area contributed by atoms with E-state index in [9.17, 15) is 13.2 Å². The van der Waals surface area contributed by atoms with Gasteiger partial charge in [0, 0.05) is 18.8 Å². The second-order valence-electron chi connectivity index (χ2n) is 6.47. The fraction of sp³-hybridized carbons (Fsp3) is 0.389. The molecule has 1 N–H and O–H groups in total. The molecule has 1 aromatic heterocycles. The fourth-order valence-corrected chi connectivity index (χ4v) is 5.01. The van der Waals surface area contributed by atoms with Gasteiger partial charge in [0.1, 0.15) is 0 Å². The van der Waals surface area contributed by atoms with Gasteiger partial charge in [-0.3, -0.25) is 4.79 Å². The van der Waals surface area contributed by atoms with Crippen LogP contribution in [0.3, 0.4) is 0 Å². The highest BCUT2D eigenvalue weighted by atomic mass is 32.2. The number of benzene rings is 1. The van der Waals surface area contributed by atoms with Crippen molar-refractivity contribution in [3.63, 3.8) is 0 Å². The van der Waals surface area contributed by atoms with Gasteiger partial charge in [-0.15, -0.1) is 0 Å². The number of anilines is 1. The maximum Gasteiger partial charge on any atom is 0.243 e. The number of piperidine rings is 1. The monoisotopic (exact) mass is 378 g/mol. The topological polar surface area (TPSA) is 66.5 Å². The highest BCUT2D eigenvalue weighted by Crippen LogP contribution is 2.24. The predicted molar refractivity (Wildman–Crippen MR) is 100 cm³/mol. The average Bonchev–Trinajstić information content (AvgIpc) is 3.08. The van der Waals surface area contributed by atoms with Gasteiger partial charge >= 0.3 is 0 Å². The van der Waals surface area contributed by atoms with Crippen molar-refractivity contribution in [2.75, 3.05) is 18.4 Å². The van der Waals surface area contributed by atoms with Crippen LogP contribution in [0.4, 0.5) is 5.69 Å². The highest BCUT2D eigenvalue weighted by molar-refractivity contribution is 7.89. The van der Waals surface area contributed by atoms with E-state index in [0.29, 0.717) is 31.1 Å². The number of thiophene rings is 1. The second-order valence-corrected chi connectivity index (χ2v) is 9.19. The minimum absolute atomic E-state index is 0.112. The van der Waals surface area contributed by atoms with E-state index in [2.05, 4.69) is 12.2 Å². The molecule has 0 atom stereocenters. The van der Waals surface area contributed by atoms with Crippen LogP contribution in [0.1, 0.15) is 25.3 Å². The smallest absolute Gasteiger partial charge is 0.243 e. The van der Waals surface area contributed by atoms with Crippen molar-refractivity contribution in [2.24, 2.45) is 5.92 Å².